The van der Waals surface area contributed by atoms with Crippen molar-refractivity contribution in [2.75, 3.05) is 0 Å². The van der Waals surface area contributed by atoms with Crippen LogP contribution in [-0.2, 0) is 6.42 Å². The van der Waals surface area contributed by atoms with Gasteiger partial charge in [0, 0.05) is 12.8 Å². The van der Waals surface area contributed by atoms with Crippen LogP contribution in [-0.4, -0.2) is 5.11 Å². The highest BCUT2D eigenvalue weighted by Gasteiger charge is 2.13. The van der Waals surface area contributed by atoms with E-state index in [1.807, 2.05) is 12.1 Å². The maximum absolute atomic E-state index is 9.78. The van der Waals surface area contributed by atoms with Gasteiger partial charge in [0.05, 0.1) is 0 Å². The normalized spacial score (nSPS) is 13.1. The molecule has 2 nitrogen and oxygen atoms in total. The van der Waals surface area contributed by atoms with Gasteiger partial charge in [-0.25, -0.2) is 0 Å². The zero-order chi connectivity index (χ0) is 11.4. The summed E-state index contributed by atoms with van der Waals surface area (Å²) >= 11 is 2.12. The zero-order valence-corrected chi connectivity index (χ0v) is 11.3. The van der Waals surface area contributed by atoms with E-state index in [-0.39, 0.29) is 0 Å². The van der Waals surface area contributed by atoms with Gasteiger partial charge in [-0.05, 0) is 44.2 Å². The number of furan rings is 1. The number of halogens is 1. The van der Waals surface area contributed by atoms with E-state index in [0.717, 1.165) is 15.8 Å². The Morgan fingerprint density at radius 3 is 2.73 bits per heavy atom. The topological polar surface area (TPSA) is 33.4 Å². The van der Waals surface area contributed by atoms with Gasteiger partial charge in [0.25, 0.3) is 0 Å². The summed E-state index contributed by atoms with van der Waals surface area (Å²) in [6, 6.07) is 3.79. The Morgan fingerprint density at radius 2 is 2.20 bits per heavy atom. The Hall–Kier alpha value is -0.290. The van der Waals surface area contributed by atoms with Crippen molar-refractivity contribution in [3.05, 3.63) is 33.8 Å². The molecular formula is C12H17IO2. The molecule has 84 valence electrons. The molecule has 0 saturated carbocycles. The molecule has 1 N–H and O–H groups in total. The predicted molar refractivity (Wildman–Crippen MR) is 70.0 cm³/mol. The lowest BCUT2D eigenvalue weighted by Crippen LogP contribution is -1.95. The second-order valence-electron chi connectivity index (χ2n) is 4.14. The average molecular weight is 320 g/mol. The standard InChI is InChI=1S/C12H17IO2/c1-8(2)6-10-4-5-12(15-10)11(14)7-9(3)13/h4-5,8,11,14H,3,6-7H2,1-2H3. The second kappa shape index (κ2) is 5.70. The van der Waals surface area contributed by atoms with Gasteiger partial charge in [-0.2, -0.15) is 0 Å². The van der Waals surface area contributed by atoms with Crippen molar-refractivity contribution in [3.63, 3.8) is 0 Å². The molecule has 0 amide bonds. The fourth-order valence-electron chi connectivity index (χ4n) is 1.40. The number of aliphatic hydroxyl groups is 1. The van der Waals surface area contributed by atoms with E-state index in [1.165, 1.54) is 0 Å². The van der Waals surface area contributed by atoms with Crippen LogP contribution in [0, 0.1) is 5.92 Å². The average Bonchev–Trinajstić information content (AvgIpc) is 2.50. The zero-order valence-electron chi connectivity index (χ0n) is 9.16. The Bertz CT molecular complexity index is 328. The van der Waals surface area contributed by atoms with Gasteiger partial charge in [-0.1, -0.05) is 20.4 Å². The van der Waals surface area contributed by atoms with Crippen LogP contribution in [0.4, 0.5) is 0 Å². The largest absolute Gasteiger partial charge is 0.463 e. The predicted octanol–water partition coefficient (Wildman–Crippen LogP) is 3.85. The highest BCUT2D eigenvalue weighted by Crippen LogP contribution is 2.25. The van der Waals surface area contributed by atoms with Gasteiger partial charge in [-0.3, -0.25) is 0 Å². The van der Waals surface area contributed by atoms with Gasteiger partial charge >= 0.3 is 0 Å². The van der Waals surface area contributed by atoms with E-state index in [0.29, 0.717) is 18.1 Å². The van der Waals surface area contributed by atoms with Crippen molar-refractivity contribution in [1.29, 1.82) is 0 Å². The molecule has 15 heavy (non-hydrogen) atoms. The first kappa shape index (κ1) is 12.8. The molecule has 0 saturated heterocycles. The minimum Gasteiger partial charge on any atom is -0.463 e. The van der Waals surface area contributed by atoms with E-state index >= 15 is 0 Å². The molecule has 1 unspecified atom stereocenters. The molecule has 0 aliphatic rings. The Labute approximate surface area is 105 Å². The summed E-state index contributed by atoms with van der Waals surface area (Å²) in [5, 5.41) is 9.78. The Kier molecular flexibility index (Phi) is 4.86. The number of hydrogen-bond acceptors (Lipinski definition) is 2. The van der Waals surface area contributed by atoms with Crippen molar-refractivity contribution < 1.29 is 9.52 Å². The summed E-state index contributed by atoms with van der Waals surface area (Å²) in [6.07, 6.45) is 0.905. The first-order chi connectivity index (χ1) is 6.99. The molecule has 0 aliphatic heterocycles. The van der Waals surface area contributed by atoms with Crippen molar-refractivity contribution >= 4 is 22.6 Å². The van der Waals surface area contributed by atoms with Crippen LogP contribution in [0.1, 0.15) is 37.9 Å². The van der Waals surface area contributed by atoms with Crippen molar-refractivity contribution in [2.45, 2.75) is 32.8 Å². The lowest BCUT2D eigenvalue weighted by molar-refractivity contribution is 0.150. The summed E-state index contributed by atoms with van der Waals surface area (Å²) in [5.41, 5.74) is 0. The SMILES string of the molecule is C=C(I)CC(O)c1ccc(CC(C)C)o1. The van der Waals surface area contributed by atoms with Gasteiger partial charge in [-0.15, -0.1) is 0 Å². The Morgan fingerprint density at radius 1 is 1.53 bits per heavy atom. The monoisotopic (exact) mass is 320 g/mol. The minimum absolute atomic E-state index is 0.551. The van der Waals surface area contributed by atoms with Crippen LogP contribution < -0.4 is 0 Å². The van der Waals surface area contributed by atoms with Crippen LogP contribution >= 0.6 is 22.6 Å². The molecule has 1 aromatic heterocycles. The second-order valence-corrected chi connectivity index (χ2v) is 5.66. The maximum Gasteiger partial charge on any atom is 0.133 e. The van der Waals surface area contributed by atoms with E-state index in [2.05, 4.69) is 43.0 Å². The first-order valence-electron chi connectivity index (χ1n) is 5.09. The molecule has 0 radical (unpaired) electrons. The van der Waals surface area contributed by atoms with Crippen molar-refractivity contribution in [2.24, 2.45) is 5.92 Å². The first-order valence-corrected chi connectivity index (χ1v) is 6.17. The van der Waals surface area contributed by atoms with E-state index in [4.69, 9.17) is 4.42 Å². The summed E-state index contributed by atoms with van der Waals surface area (Å²) in [7, 11) is 0. The molecule has 0 aliphatic carbocycles. The maximum atomic E-state index is 9.78. The molecule has 3 heteroatoms. The molecule has 0 bridgehead atoms. The van der Waals surface area contributed by atoms with Crippen molar-refractivity contribution in [1.82, 2.24) is 0 Å². The molecular weight excluding hydrogens is 303 g/mol. The van der Waals surface area contributed by atoms with E-state index in [1.54, 1.807) is 0 Å². The van der Waals surface area contributed by atoms with Crippen LogP contribution in [0.3, 0.4) is 0 Å². The third-order valence-corrected chi connectivity index (χ3v) is 2.48. The van der Waals surface area contributed by atoms with E-state index in [9.17, 15) is 5.11 Å². The van der Waals surface area contributed by atoms with Gasteiger partial charge in [0.1, 0.15) is 17.6 Å². The van der Waals surface area contributed by atoms with Gasteiger partial charge in [0.2, 0.25) is 0 Å². The highest BCUT2D eigenvalue weighted by molar-refractivity contribution is 14.1. The van der Waals surface area contributed by atoms with Gasteiger partial charge < -0.3 is 9.52 Å². The third kappa shape index (κ3) is 4.38. The molecule has 1 aromatic rings. The summed E-state index contributed by atoms with van der Waals surface area (Å²) in [4.78, 5) is 0. The summed E-state index contributed by atoms with van der Waals surface area (Å²) in [6.45, 7) is 8.05. The number of aliphatic hydroxyl groups excluding tert-OH is 1. The van der Waals surface area contributed by atoms with Crippen LogP contribution in [0.5, 0.6) is 0 Å². The smallest absolute Gasteiger partial charge is 0.133 e. The lowest BCUT2D eigenvalue weighted by atomic mass is 10.1. The number of hydrogen-bond donors (Lipinski definition) is 1. The molecule has 0 fully saturated rings. The third-order valence-electron chi connectivity index (χ3n) is 2.04. The lowest BCUT2D eigenvalue weighted by Gasteiger charge is -2.06. The Balaban J connectivity index is 2.62. The minimum atomic E-state index is -0.560. The summed E-state index contributed by atoms with van der Waals surface area (Å²) in [5.74, 6) is 2.15. The molecule has 1 rings (SSSR count). The molecule has 0 aromatic carbocycles. The highest BCUT2D eigenvalue weighted by atomic mass is 127. The fraction of sp³-hybridized carbons (Fsp3) is 0.500. The molecule has 1 atom stereocenters. The number of rotatable bonds is 5. The van der Waals surface area contributed by atoms with E-state index < -0.39 is 6.10 Å². The van der Waals surface area contributed by atoms with Crippen LogP contribution in [0.15, 0.2) is 26.7 Å². The molecule has 1 heterocycles. The quantitative estimate of drug-likeness (QED) is 0.836. The molecule has 0 spiro atoms. The summed E-state index contributed by atoms with van der Waals surface area (Å²) < 4.78 is 6.50. The van der Waals surface area contributed by atoms with Crippen molar-refractivity contribution in [3.8, 4) is 0 Å². The van der Waals surface area contributed by atoms with Gasteiger partial charge in [0.15, 0.2) is 0 Å². The fourth-order valence-corrected chi connectivity index (χ4v) is 1.81. The van der Waals surface area contributed by atoms with Crippen LogP contribution in [0.25, 0.3) is 0 Å². The van der Waals surface area contributed by atoms with Crippen LogP contribution in [0.2, 0.25) is 0 Å².